The summed E-state index contributed by atoms with van der Waals surface area (Å²) >= 11 is 0. The van der Waals surface area contributed by atoms with E-state index in [0.717, 1.165) is 17.4 Å². The molecule has 0 radical (unpaired) electrons. The van der Waals surface area contributed by atoms with Crippen LogP contribution in [0.5, 0.6) is 0 Å². The number of nitrogens with zero attached hydrogens (tertiary/aromatic N) is 1. The molecule has 1 N–H and O–H groups in total. The molecule has 1 aliphatic heterocycles. The summed E-state index contributed by atoms with van der Waals surface area (Å²) in [6.45, 7) is 0.955. The molecule has 0 unspecified atom stereocenters. The number of benzene rings is 1. The molecular formula is C13H13NO3. The highest BCUT2D eigenvalue weighted by molar-refractivity contribution is 5.77. The third kappa shape index (κ3) is 2.53. The molecule has 17 heavy (non-hydrogen) atoms. The van der Waals surface area contributed by atoms with Crippen molar-refractivity contribution in [2.45, 2.75) is 6.42 Å². The highest BCUT2D eigenvalue weighted by atomic mass is 16.4. The van der Waals surface area contributed by atoms with Crippen LogP contribution >= 0.6 is 0 Å². The van der Waals surface area contributed by atoms with E-state index in [1.165, 1.54) is 4.90 Å². The Hall–Kier alpha value is -2.10. The Morgan fingerprint density at radius 1 is 1.29 bits per heavy atom. The maximum Gasteiger partial charge on any atom is 0.407 e. The van der Waals surface area contributed by atoms with E-state index < -0.39 is 6.09 Å². The minimum atomic E-state index is -0.878. The molecule has 2 rings (SSSR count). The van der Waals surface area contributed by atoms with E-state index in [9.17, 15) is 9.59 Å². The van der Waals surface area contributed by atoms with Crippen molar-refractivity contribution >= 4 is 18.0 Å². The first-order valence-electron chi connectivity index (χ1n) is 5.43. The second-order valence-electron chi connectivity index (χ2n) is 3.95. The van der Waals surface area contributed by atoms with Crippen molar-refractivity contribution in [3.63, 3.8) is 0 Å². The van der Waals surface area contributed by atoms with Crippen LogP contribution in [0.3, 0.4) is 0 Å². The minimum Gasteiger partial charge on any atom is -0.465 e. The Bertz CT molecular complexity index is 462. The van der Waals surface area contributed by atoms with Gasteiger partial charge in [-0.05, 0) is 17.6 Å². The summed E-state index contributed by atoms with van der Waals surface area (Å²) in [7, 11) is 0. The van der Waals surface area contributed by atoms with Gasteiger partial charge in [0.2, 0.25) is 0 Å². The maximum atomic E-state index is 10.7. The van der Waals surface area contributed by atoms with Crippen LogP contribution in [0.15, 0.2) is 30.3 Å². The Kier molecular flexibility index (Phi) is 3.23. The lowest BCUT2D eigenvalue weighted by atomic mass is 9.99. The molecule has 0 fully saturated rings. The molecule has 0 saturated carbocycles. The quantitative estimate of drug-likeness (QED) is 0.794. The lowest BCUT2D eigenvalue weighted by Crippen LogP contribution is -2.33. The molecule has 0 aromatic heterocycles. The van der Waals surface area contributed by atoms with Crippen molar-refractivity contribution in [3.05, 3.63) is 41.5 Å². The summed E-state index contributed by atoms with van der Waals surface area (Å²) in [6, 6.07) is 7.33. The van der Waals surface area contributed by atoms with Gasteiger partial charge in [-0.1, -0.05) is 30.3 Å². The zero-order valence-corrected chi connectivity index (χ0v) is 9.30. The van der Waals surface area contributed by atoms with Gasteiger partial charge < -0.3 is 10.0 Å². The SMILES string of the molecule is O=Cc1ccc(C2=CCN(C(=O)O)CC2)cc1. The fraction of sp³-hybridized carbons (Fsp3) is 0.231. The number of amides is 1. The van der Waals surface area contributed by atoms with Crippen LogP contribution in [0.25, 0.3) is 5.57 Å². The molecule has 1 aliphatic rings. The fourth-order valence-electron chi connectivity index (χ4n) is 1.88. The molecule has 1 amide bonds. The van der Waals surface area contributed by atoms with Gasteiger partial charge in [-0.3, -0.25) is 4.79 Å². The summed E-state index contributed by atoms with van der Waals surface area (Å²) in [4.78, 5) is 22.6. The van der Waals surface area contributed by atoms with Crippen LogP contribution in [0, 0.1) is 0 Å². The smallest absolute Gasteiger partial charge is 0.407 e. The average molecular weight is 231 g/mol. The van der Waals surface area contributed by atoms with E-state index in [0.29, 0.717) is 25.1 Å². The lowest BCUT2D eigenvalue weighted by Gasteiger charge is -2.23. The van der Waals surface area contributed by atoms with E-state index in [2.05, 4.69) is 0 Å². The summed E-state index contributed by atoms with van der Waals surface area (Å²) in [6.07, 6.45) is 2.57. The number of hydrogen-bond donors (Lipinski definition) is 1. The predicted molar refractivity (Wildman–Crippen MR) is 64.0 cm³/mol. The average Bonchev–Trinajstić information content (AvgIpc) is 2.39. The number of aldehydes is 1. The summed E-state index contributed by atoms with van der Waals surface area (Å²) in [5.41, 5.74) is 2.85. The van der Waals surface area contributed by atoms with Crippen molar-refractivity contribution < 1.29 is 14.7 Å². The van der Waals surface area contributed by atoms with Crippen molar-refractivity contribution in [2.24, 2.45) is 0 Å². The topological polar surface area (TPSA) is 57.6 Å². The van der Waals surface area contributed by atoms with Gasteiger partial charge in [-0.25, -0.2) is 4.79 Å². The fourth-order valence-corrected chi connectivity index (χ4v) is 1.88. The Balaban J connectivity index is 2.13. The summed E-state index contributed by atoms with van der Waals surface area (Å²) in [5.74, 6) is 0. The molecule has 0 saturated heterocycles. The predicted octanol–water partition coefficient (Wildman–Crippen LogP) is 2.27. The number of carbonyl (C=O) groups is 2. The van der Waals surface area contributed by atoms with E-state index in [-0.39, 0.29) is 0 Å². The largest absolute Gasteiger partial charge is 0.465 e. The van der Waals surface area contributed by atoms with Crippen LogP contribution in [0.1, 0.15) is 22.3 Å². The van der Waals surface area contributed by atoms with Crippen molar-refractivity contribution in [3.8, 4) is 0 Å². The second-order valence-corrected chi connectivity index (χ2v) is 3.95. The molecule has 1 aromatic carbocycles. The minimum absolute atomic E-state index is 0.431. The van der Waals surface area contributed by atoms with Gasteiger partial charge in [0.15, 0.2) is 0 Å². The number of hydrogen-bond acceptors (Lipinski definition) is 2. The summed E-state index contributed by atoms with van der Waals surface area (Å²) in [5, 5.41) is 8.82. The number of carboxylic acid groups (broad SMARTS) is 1. The highest BCUT2D eigenvalue weighted by Crippen LogP contribution is 2.22. The van der Waals surface area contributed by atoms with Crippen LogP contribution in [0.4, 0.5) is 4.79 Å². The van der Waals surface area contributed by atoms with Gasteiger partial charge in [0.1, 0.15) is 6.29 Å². The third-order valence-corrected chi connectivity index (χ3v) is 2.90. The normalized spacial score (nSPS) is 15.3. The molecular weight excluding hydrogens is 218 g/mol. The van der Waals surface area contributed by atoms with Crippen LogP contribution in [-0.4, -0.2) is 35.5 Å². The molecule has 1 heterocycles. The van der Waals surface area contributed by atoms with E-state index in [4.69, 9.17) is 5.11 Å². The van der Waals surface area contributed by atoms with E-state index >= 15 is 0 Å². The van der Waals surface area contributed by atoms with Gasteiger partial charge in [0, 0.05) is 18.7 Å². The summed E-state index contributed by atoms with van der Waals surface area (Å²) < 4.78 is 0. The molecule has 0 bridgehead atoms. The molecule has 1 aromatic rings. The second kappa shape index (κ2) is 4.82. The van der Waals surface area contributed by atoms with Gasteiger partial charge in [-0.2, -0.15) is 0 Å². The molecule has 0 atom stereocenters. The number of rotatable bonds is 2. The third-order valence-electron chi connectivity index (χ3n) is 2.90. The Morgan fingerprint density at radius 2 is 2.00 bits per heavy atom. The zero-order valence-electron chi connectivity index (χ0n) is 9.30. The lowest BCUT2D eigenvalue weighted by molar-refractivity contribution is 0.112. The standard InChI is InChI=1S/C13H13NO3/c15-9-10-1-3-11(4-2-10)12-5-7-14(8-6-12)13(16)17/h1-5,9H,6-8H2,(H,16,17). The number of carbonyl (C=O) groups excluding carboxylic acids is 1. The first-order valence-corrected chi connectivity index (χ1v) is 5.43. The Morgan fingerprint density at radius 3 is 2.47 bits per heavy atom. The Labute approximate surface area is 99.2 Å². The first-order chi connectivity index (χ1) is 8.20. The molecule has 88 valence electrons. The zero-order chi connectivity index (χ0) is 12.3. The monoisotopic (exact) mass is 231 g/mol. The van der Waals surface area contributed by atoms with E-state index in [1.807, 2.05) is 18.2 Å². The maximum absolute atomic E-state index is 10.7. The van der Waals surface area contributed by atoms with Crippen LogP contribution in [-0.2, 0) is 0 Å². The van der Waals surface area contributed by atoms with Gasteiger partial charge in [0.05, 0.1) is 0 Å². The van der Waals surface area contributed by atoms with E-state index in [1.54, 1.807) is 12.1 Å². The van der Waals surface area contributed by atoms with Crippen molar-refractivity contribution in [2.75, 3.05) is 13.1 Å². The molecule has 0 aliphatic carbocycles. The van der Waals surface area contributed by atoms with Crippen LogP contribution in [0.2, 0.25) is 0 Å². The van der Waals surface area contributed by atoms with Crippen LogP contribution < -0.4 is 0 Å². The first kappa shape index (κ1) is 11.4. The van der Waals surface area contributed by atoms with Crippen molar-refractivity contribution in [1.29, 1.82) is 0 Å². The van der Waals surface area contributed by atoms with Gasteiger partial charge >= 0.3 is 6.09 Å². The molecule has 4 nitrogen and oxygen atoms in total. The van der Waals surface area contributed by atoms with Gasteiger partial charge in [-0.15, -0.1) is 0 Å². The van der Waals surface area contributed by atoms with Gasteiger partial charge in [0.25, 0.3) is 0 Å². The molecule has 4 heteroatoms. The molecule has 0 spiro atoms. The highest BCUT2D eigenvalue weighted by Gasteiger charge is 2.16. The van der Waals surface area contributed by atoms with Crippen molar-refractivity contribution in [1.82, 2.24) is 4.90 Å².